The van der Waals surface area contributed by atoms with E-state index in [1.165, 1.54) is 19.3 Å². The summed E-state index contributed by atoms with van der Waals surface area (Å²) in [6.07, 6.45) is -2.16. The van der Waals surface area contributed by atoms with Crippen LogP contribution in [0, 0.1) is 6.92 Å². The van der Waals surface area contributed by atoms with E-state index in [4.69, 9.17) is 4.74 Å². The first-order chi connectivity index (χ1) is 11.5. The van der Waals surface area contributed by atoms with Crippen molar-refractivity contribution in [1.82, 2.24) is 4.90 Å². The van der Waals surface area contributed by atoms with Crippen LogP contribution in [0.25, 0.3) is 0 Å². The first kappa shape index (κ1) is 21.5. The Hall–Kier alpha value is -1.50. The smallest absolute Gasteiger partial charge is 0.420 e. The molecule has 0 aliphatic carbocycles. The highest BCUT2D eigenvalue weighted by molar-refractivity contribution is 6.76. The molecule has 0 aliphatic rings. The van der Waals surface area contributed by atoms with Crippen molar-refractivity contribution in [3.8, 4) is 5.75 Å². The third kappa shape index (κ3) is 7.10. The van der Waals surface area contributed by atoms with E-state index in [0.29, 0.717) is 12.3 Å². The van der Waals surface area contributed by atoms with Gasteiger partial charge in [-0.2, -0.15) is 13.2 Å². The SMILES string of the molecule is CCN(C)C=Nc1ccc(OCCC[Si](C)(C)C)c(C(F)(F)F)c1C. The molecule has 0 saturated heterocycles. The van der Waals surface area contributed by atoms with Crippen LogP contribution in [-0.2, 0) is 6.18 Å². The van der Waals surface area contributed by atoms with Gasteiger partial charge in [-0.3, -0.25) is 0 Å². The number of alkyl halides is 3. The van der Waals surface area contributed by atoms with Crippen LogP contribution in [0.5, 0.6) is 5.75 Å². The van der Waals surface area contributed by atoms with Gasteiger partial charge in [-0.05, 0) is 38.0 Å². The Kier molecular flexibility index (Phi) is 7.53. The van der Waals surface area contributed by atoms with Crippen molar-refractivity contribution in [2.24, 2.45) is 4.99 Å². The molecule has 1 rings (SSSR count). The van der Waals surface area contributed by atoms with Crippen molar-refractivity contribution in [3.63, 3.8) is 0 Å². The average molecular weight is 375 g/mol. The molecule has 0 fully saturated rings. The molecule has 0 spiro atoms. The average Bonchev–Trinajstić information content (AvgIpc) is 2.48. The van der Waals surface area contributed by atoms with Crippen molar-refractivity contribution >= 4 is 20.1 Å². The molecule has 25 heavy (non-hydrogen) atoms. The van der Waals surface area contributed by atoms with Crippen LogP contribution in [0.2, 0.25) is 25.7 Å². The lowest BCUT2D eigenvalue weighted by Gasteiger charge is -2.19. The standard InChI is InChI=1S/C18H29F3N2OSi/c1-7-23(3)13-22-15-9-10-16(17(14(15)2)18(19,20)21)24-11-8-12-25(4,5)6/h9-10,13H,7-8,11-12H2,1-6H3. The van der Waals surface area contributed by atoms with Crippen molar-refractivity contribution in [3.05, 3.63) is 23.3 Å². The summed E-state index contributed by atoms with van der Waals surface area (Å²) >= 11 is 0. The van der Waals surface area contributed by atoms with Crippen LogP contribution in [0.4, 0.5) is 18.9 Å². The van der Waals surface area contributed by atoms with Gasteiger partial charge in [0, 0.05) is 21.7 Å². The number of rotatable bonds is 8. The molecule has 0 bridgehead atoms. The first-order valence-corrected chi connectivity index (χ1v) is 12.2. The second-order valence-electron chi connectivity index (χ2n) is 7.41. The van der Waals surface area contributed by atoms with Crippen molar-refractivity contribution in [1.29, 1.82) is 0 Å². The molecule has 0 amide bonds. The number of benzene rings is 1. The molecule has 7 heteroatoms. The fourth-order valence-corrected chi connectivity index (χ4v) is 3.52. The minimum absolute atomic E-state index is 0.0935. The molecule has 0 N–H and O–H groups in total. The molecule has 142 valence electrons. The van der Waals surface area contributed by atoms with Crippen molar-refractivity contribution in [2.45, 2.75) is 52.1 Å². The number of hydrogen-bond acceptors (Lipinski definition) is 2. The maximum Gasteiger partial charge on any atom is 0.420 e. The number of hydrogen-bond donors (Lipinski definition) is 0. The summed E-state index contributed by atoms with van der Waals surface area (Å²) in [7, 11) is 0.602. The molecule has 1 aromatic carbocycles. The van der Waals surface area contributed by atoms with Crippen molar-refractivity contribution in [2.75, 3.05) is 20.2 Å². The summed E-state index contributed by atoms with van der Waals surface area (Å²) in [5.74, 6) is -0.108. The summed E-state index contributed by atoms with van der Waals surface area (Å²) < 4.78 is 46.0. The summed E-state index contributed by atoms with van der Waals surface area (Å²) in [5, 5.41) is 0. The molecule has 0 unspecified atom stereocenters. The first-order valence-electron chi connectivity index (χ1n) is 8.53. The third-order valence-electron chi connectivity index (χ3n) is 3.90. The zero-order chi connectivity index (χ0) is 19.3. The molecule has 0 heterocycles. The topological polar surface area (TPSA) is 24.8 Å². The predicted molar refractivity (Wildman–Crippen MR) is 101 cm³/mol. The second-order valence-corrected chi connectivity index (χ2v) is 13.0. The van der Waals surface area contributed by atoms with E-state index in [2.05, 4.69) is 24.6 Å². The minimum Gasteiger partial charge on any atom is -0.493 e. The van der Waals surface area contributed by atoms with Crippen LogP contribution < -0.4 is 4.74 Å². The highest BCUT2D eigenvalue weighted by Crippen LogP contribution is 2.42. The number of aliphatic imine (C=N–C) groups is 1. The molecule has 0 radical (unpaired) electrons. The Morgan fingerprint density at radius 1 is 1.24 bits per heavy atom. The molecular weight excluding hydrogens is 345 g/mol. The number of halogens is 3. The highest BCUT2D eigenvalue weighted by Gasteiger charge is 2.37. The normalized spacial score (nSPS) is 12.7. The van der Waals surface area contributed by atoms with Gasteiger partial charge in [0.15, 0.2) is 0 Å². The van der Waals surface area contributed by atoms with Crippen LogP contribution in [0.15, 0.2) is 17.1 Å². The van der Waals surface area contributed by atoms with E-state index >= 15 is 0 Å². The number of ether oxygens (including phenoxy) is 1. The van der Waals surface area contributed by atoms with Crippen LogP contribution in [-0.4, -0.2) is 39.5 Å². The zero-order valence-electron chi connectivity index (χ0n) is 16.0. The summed E-state index contributed by atoms with van der Waals surface area (Å²) in [6, 6.07) is 3.99. The monoisotopic (exact) mass is 374 g/mol. The molecule has 3 nitrogen and oxygen atoms in total. The summed E-state index contributed by atoms with van der Waals surface area (Å²) in [4.78, 5) is 5.97. The lowest BCUT2D eigenvalue weighted by atomic mass is 10.1. The van der Waals surface area contributed by atoms with E-state index in [1.807, 2.05) is 14.0 Å². The Morgan fingerprint density at radius 3 is 2.40 bits per heavy atom. The molecular formula is C18H29F3N2OSi. The van der Waals surface area contributed by atoms with E-state index in [-0.39, 0.29) is 11.3 Å². The fourth-order valence-electron chi connectivity index (χ4n) is 2.32. The van der Waals surface area contributed by atoms with Crippen LogP contribution >= 0.6 is 0 Å². The van der Waals surface area contributed by atoms with Gasteiger partial charge in [-0.1, -0.05) is 25.7 Å². The Balaban J connectivity index is 3.02. The van der Waals surface area contributed by atoms with Gasteiger partial charge >= 0.3 is 6.18 Å². The predicted octanol–water partition coefficient (Wildman–Crippen LogP) is 5.73. The maximum absolute atomic E-state index is 13.5. The van der Waals surface area contributed by atoms with Gasteiger partial charge < -0.3 is 9.64 Å². The molecule has 0 saturated carbocycles. The van der Waals surface area contributed by atoms with E-state index < -0.39 is 19.8 Å². The fraction of sp³-hybridized carbons (Fsp3) is 0.611. The van der Waals surface area contributed by atoms with Gasteiger partial charge in [0.25, 0.3) is 0 Å². The van der Waals surface area contributed by atoms with Gasteiger partial charge in [0.1, 0.15) is 11.3 Å². The van der Waals surface area contributed by atoms with E-state index in [0.717, 1.165) is 19.0 Å². The lowest BCUT2D eigenvalue weighted by Crippen LogP contribution is -2.20. The molecule has 0 aliphatic heterocycles. The second kappa shape index (κ2) is 8.74. The van der Waals surface area contributed by atoms with Crippen LogP contribution in [0.1, 0.15) is 24.5 Å². The minimum atomic E-state index is -4.47. The van der Waals surface area contributed by atoms with E-state index in [1.54, 1.807) is 11.0 Å². The lowest BCUT2D eigenvalue weighted by molar-refractivity contribution is -0.139. The van der Waals surface area contributed by atoms with Gasteiger partial charge in [-0.15, -0.1) is 0 Å². The van der Waals surface area contributed by atoms with Gasteiger partial charge in [0.05, 0.1) is 18.6 Å². The maximum atomic E-state index is 13.5. The molecule has 1 aromatic rings. The molecule has 0 aromatic heterocycles. The Morgan fingerprint density at radius 2 is 1.88 bits per heavy atom. The van der Waals surface area contributed by atoms with Gasteiger partial charge in [-0.25, -0.2) is 4.99 Å². The highest BCUT2D eigenvalue weighted by atomic mass is 28.3. The van der Waals surface area contributed by atoms with Gasteiger partial charge in [0.2, 0.25) is 0 Å². The van der Waals surface area contributed by atoms with E-state index in [9.17, 15) is 13.2 Å². The van der Waals surface area contributed by atoms with Crippen LogP contribution in [0.3, 0.4) is 0 Å². The Bertz CT molecular complexity index is 595. The largest absolute Gasteiger partial charge is 0.493 e. The summed E-state index contributed by atoms with van der Waals surface area (Å²) in [5.41, 5.74) is -0.327. The Labute approximate surface area is 149 Å². The summed E-state index contributed by atoms with van der Waals surface area (Å²) in [6.45, 7) is 11.1. The molecule has 0 atom stereocenters. The number of nitrogens with zero attached hydrogens (tertiary/aromatic N) is 2. The van der Waals surface area contributed by atoms with Crippen molar-refractivity contribution < 1.29 is 17.9 Å². The quantitative estimate of drug-likeness (QED) is 0.251. The third-order valence-corrected chi connectivity index (χ3v) is 5.76. The zero-order valence-corrected chi connectivity index (χ0v) is 17.0.